The summed E-state index contributed by atoms with van der Waals surface area (Å²) in [6.45, 7) is 0. The maximum atomic E-state index is 2.57. The van der Waals surface area contributed by atoms with Crippen LogP contribution in [0.5, 0.6) is 0 Å². The molecule has 1 saturated heterocycles. The first kappa shape index (κ1) is 6.00. The van der Waals surface area contributed by atoms with Gasteiger partial charge in [0.1, 0.15) is 0 Å². The topological polar surface area (TPSA) is 0 Å². The summed E-state index contributed by atoms with van der Waals surface area (Å²) in [6.07, 6.45) is 4.70. The normalized spacial score (nSPS) is 22.7. The molecule has 0 aromatic rings. The van der Waals surface area contributed by atoms with Gasteiger partial charge in [-0.2, -0.15) is 0 Å². The summed E-state index contributed by atoms with van der Waals surface area (Å²) >= 11 is -0.673. The van der Waals surface area contributed by atoms with Crippen LogP contribution in [0.2, 0.25) is 13.0 Å². The van der Waals surface area contributed by atoms with Crippen molar-refractivity contribution in [2.45, 2.75) is 32.3 Å². The zero-order valence-electron chi connectivity index (χ0n) is 5.11. The van der Waals surface area contributed by atoms with Gasteiger partial charge in [0.15, 0.2) is 0 Å². The molecule has 1 fully saturated rings. The molecule has 0 nitrogen and oxygen atoms in total. The molecule has 7 heavy (non-hydrogen) atoms. The minimum atomic E-state index is -0.673. The van der Waals surface area contributed by atoms with Crippen molar-refractivity contribution < 1.29 is 0 Å². The second-order valence-corrected chi connectivity index (χ2v) is 12.3. The van der Waals surface area contributed by atoms with Crippen molar-refractivity contribution in [1.82, 2.24) is 0 Å². The number of hydrogen-bond donors (Lipinski definition) is 0. The Kier molecular flexibility index (Phi) is 2.58. The van der Waals surface area contributed by atoms with Crippen molar-refractivity contribution in [2.75, 3.05) is 0 Å². The first-order valence-electron chi connectivity index (χ1n) is 3.39. The number of rotatable bonds is 0. The molecule has 1 heterocycles. The molecule has 0 saturated carbocycles. The molecule has 0 spiro atoms. The van der Waals surface area contributed by atoms with Crippen LogP contribution < -0.4 is 0 Å². The van der Waals surface area contributed by atoms with Crippen molar-refractivity contribution >= 4 is 21.4 Å². The standard InChI is InChI=1S/C5H10.CH3.In/c1-3-5-4-2;;/h1-5H2;1H3;. The van der Waals surface area contributed by atoms with Crippen LogP contribution in [-0.4, -0.2) is 21.4 Å². The van der Waals surface area contributed by atoms with Crippen molar-refractivity contribution in [2.24, 2.45) is 0 Å². The summed E-state index contributed by atoms with van der Waals surface area (Å²) in [4.78, 5) is 0. The van der Waals surface area contributed by atoms with Crippen LogP contribution in [0.1, 0.15) is 19.3 Å². The van der Waals surface area contributed by atoms with Crippen LogP contribution in [0.4, 0.5) is 0 Å². The average Bonchev–Trinajstić information content (AvgIpc) is 1.69. The van der Waals surface area contributed by atoms with Crippen LogP contribution in [0.3, 0.4) is 0 Å². The SMILES string of the molecule is [CH3][In]1[CH2]CCC[CH2]1. The van der Waals surface area contributed by atoms with Gasteiger partial charge in [-0.25, -0.2) is 0 Å². The van der Waals surface area contributed by atoms with E-state index in [9.17, 15) is 0 Å². The molecular weight excluding hydrogens is 187 g/mol. The van der Waals surface area contributed by atoms with Crippen molar-refractivity contribution in [3.05, 3.63) is 0 Å². The van der Waals surface area contributed by atoms with Crippen molar-refractivity contribution in [3.8, 4) is 0 Å². The van der Waals surface area contributed by atoms with E-state index in [4.69, 9.17) is 0 Å². The molecule has 0 unspecified atom stereocenters. The molecule has 0 amide bonds. The first-order valence-corrected chi connectivity index (χ1v) is 11.4. The summed E-state index contributed by atoms with van der Waals surface area (Å²) in [5, 5.41) is 0. The molecule has 1 rings (SSSR count). The minimum absolute atomic E-state index is 0.673. The zero-order chi connectivity index (χ0) is 5.11. The Morgan fingerprint density at radius 3 is 1.86 bits per heavy atom. The quantitative estimate of drug-likeness (QED) is 0.562. The van der Waals surface area contributed by atoms with E-state index < -0.39 is 21.4 Å². The Labute approximate surface area is 53.8 Å². The van der Waals surface area contributed by atoms with Crippen molar-refractivity contribution in [3.63, 3.8) is 0 Å². The van der Waals surface area contributed by atoms with Crippen LogP contribution in [-0.2, 0) is 0 Å². The van der Waals surface area contributed by atoms with Gasteiger partial charge in [-0.1, -0.05) is 0 Å². The molecule has 0 aromatic heterocycles. The molecule has 1 aliphatic heterocycles. The van der Waals surface area contributed by atoms with Gasteiger partial charge in [0.2, 0.25) is 0 Å². The predicted molar refractivity (Wildman–Crippen MR) is 35.1 cm³/mol. The van der Waals surface area contributed by atoms with Gasteiger partial charge in [0.25, 0.3) is 0 Å². The van der Waals surface area contributed by atoms with E-state index in [0.29, 0.717) is 0 Å². The summed E-state index contributed by atoms with van der Waals surface area (Å²) in [7, 11) is 0. The average molecular weight is 200 g/mol. The molecule has 0 radical (unpaired) electrons. The van der Waals surface area contributed by atoms with Gasteiger partial charge in [0, 0.05) is 0 Å². The van der Waals surface area contributed by atoms with Gasteiger partial charge < -0.3 is 0 Å². The van der Waals surface area contributed by atoms with E-state index >= 15 is 0 Å². The molecule has 1 heteroatoms. The molecule has 1 aliphatic rings. The molecule has 0 bridgehead atoms. The second kappa shape index (κ2) is 3.01. The fraction of sp³-hybridized carbons (Fsp3) is 1.00. The zero-order valence-corrected chi connectivity index (χ0v) is 8.41. The fourth-order valence-corrected chi connectivity index (χ4v) is 7.76. The van der Waals surface area contributed by atoms with Gasteiger partial charge in [0.05, 0.1) is 0 Å². The Balaban J connectivity index is 2.12. The van der Waals surface area contributed by atoms with Gasteiger partial charge in [-0.3, -0.25) is 0 Å². The first-order chi connectivity index (χ1) is 3.39. The Hall–Kier alpha value is 0.870. The fourth-order valence-electron chi connectivity index (χ4n) is 1.31. The van der Waals surface area contributed by atoms with E-state index in [1.54, 1.807) is 27.6 Å². The summed E-state index contributed by atoms with van der Waals surface area (Å²) in [5.41, 5.74) is 0. The van der Waals surface area contributed by atoms with Crippen LogP contribution in [0.25, 0.3) is 0 Å². The van der Waals surface area contributed by atoms with E-state index in [-0.39, 0.29) is 0 Å². The monoisotopic (exact) mass is 200 g/mol. The second-order valence-electron chi connectivity index (χ2n) is 2.74. The van der Waals surface area contributed by atoms with Crippen LogP contribution in [0, 0.1) is 0 Å². The molecule has 0 aliphatic carbocycles. The molecule has 0 N–H and O–H groups in total. The summed E-state index contributed by atoms with van der Waals surface area (Å²) in [5.74, 6) is 0. The summed E-state index contributed by atoms with van der Waals surface area (Å²) in [6, 6.07) is 0. The van der Waals surface area contributed by atoms with E-state index in [1.165, 1.54) is 0 Å². The molecule has 0 aromatic carbocycles. The van der Waals surface area contributed by atoms with Crippen molar-refractivity contribution in [1.29, 1.82) is 0 Å². The maximum absolute atomic E-state index is 2.57. The van der Waals surface area contributed by atoms with E-state index in [2.05, 4.69) is 4.68 Å². The van der Waals surface area contributed by atoms with Crippen LogP contribution >= 0.6 is 0 Å². The van der Waals surface area contributed by atoms with Gasteiger partial charge in [-0.15, -0.1) is 0 Å². The molecular formula is C6H13In. The third-order valence-electron chi connectivity index (χ3n) is 1.89. The third-order valence-corrected chi connectivity index (χ3v) is 9.85. The Morgan fingerprint density at radius 2 is 1.57 bits per heavy atom. The third kappa shape index (κ3) is 2.07. The van der Waals surface area contributed by atoms with E-state index in [0.717, 1.165) is 0 Å². The number of hydrogen-bond acceptors (Lipinski definition) is 0. The predicted octanol–water partition coefficient (Wildman–Crippen LogP) is 2.29. The van der Waals surface area contributed by atoms with E-state index in [1.807, 2.05) is 0 Å². The van der Waals surface area contributed by atoms with Gasteiger partial charge in [-0.05, 0) is 0 Å². The Morgan fingerprint density at radius 1 is 1.00 bits per heavy atom. The Bertz CT molecular complexity index is 46.1. The molecule has 0 atom stereocenters. The molecule has 40 valence electrons. The van der Waals surface area contributed by atoms with Gasteiger partial charge >= 0.3 is 53.7 Å². The van der Waals surface area contributed by atoms with Crippen LogP contribution in [0.15, 0.2) is 0 Å². The summed E-state index contributed by atoms with van der Waals surface area (Å²) < 4.78 is 5.96.